The van der Waals surface area contributed by atoms with Gasteiger partial charge >= 0.3 is 0 Å². The standard InChI is InChI=1S/C19H41N5/c1-6-24(7-2)14-8-9-17(3)22-19(20-4)21-13-10-18-11-15-23(5)16-12-18/h17-18H,6-16H2,1-5H3,(H2,20,21,22). The average Bonchev–Trinajstić information content (AvgIpc) is 2.59. The predicted octanol–water partition coefficient (Wildman–Crippen LogP) is 2.39. The van der Waals surface area contributed by atoms with Crippen molar-refractivity contribution in [2.75, 3.05) is 53.4 Å². The van der Waals surface area contributed by atoms with Gasteiger partial charge in [-0.1, -0.05) is 13.8 Å². The van der Waals surface area contributed by atoms with Crippen molar-refractivity contribution in [3.63, 3.8) is 0 Å². The van der Waals surface area contributed by atoms with Crippen LogP contribution in [-0.4, -0.2) is 75.2 Å². The van der Waals surface area contributed by atoms with Crippen LogP contribution < -0.4 is 10.6 Å². The molecule has 0 bridgehead atoms. The normalized spacial score (nSPS) is 18.8. The lowest BCUT2D eigenvalue weighted by molar-refractivity contribution is 0.213. The van der Waals surface area contributed by atoms with E-state index in [9.17, 15) is 0 Å². The highest BCUT2D eigenvalue weighted by Gasteiger charge is 2.16. The number of nitrogens with zero attached hydrogens (tertiary/aromatic N) is 3. The van der Waals surface area contributed by atoms with Crippen LogP contribution in [0.2, 0.25) is 0 Å². The van der Waals surface area contributed by atoms with Gasteiger partial charge in [-0.05, 0) is 84.7 Å². The molecule has 0 spiro atoms. The van der Waals surface area contributed by atoms with Crippen LogP contribution in [0.15, 0.2) is 4.99 Å². The second kappa shape index (κ2) is 12.5. The summed E-state index contributed by atoms with van der Waals surface area (Å²) in [4.78, 5) is 9.30. The van der Waals surface area contributed by atoms with Gasteiger partial charge in [0.1, 0.15) is 0 Å². The molecule has 1 fully saturated rings. The third kappa shape index (κ3) is 8.88. The maximum atomic E-state index is 4.37. The number of rotatable bonds is 10. The molecule has 24 heavy (non-hydrogen) atoms. The summed E-state index contributed by atoms with van der Waals surface area (Å²) in [6.45, 7) is 13.8. The molecule has 1 atom stereocenters. The summed E-state index contributed by atoms with van der Waals surface area (Å²) in [6, 6.07) is 0.468. The van der Waals surface area contributed by atoms with E-state index in [0.717, 1.165) is 31.5 Å². The van der Waals surface area contributed by atoms with E-state index in [0.29, 0.717) is 6.04 Å². The van der Waals surface area contributed by atoms with Crippen LogP contribution >= 0.6 is 0 Å². The largest absolute Gasteiger partial charge is 0.356 e. The van der Waals surface area contributed by atoms with Gasteiger partial charge in [0, 0.05) is 19.6 Å². The van der Waals surface area contributed by atoms with Crippen LogP contribution in [0.1, 0.15) is 52.9 Å². The Morgan fingerprint density at radius 2 is 1.92 bits per heavy atom. The van der Waals surface area contributed by atoms with Crippen molar-refractivity contribution in [2.24, 2.45) is 10.9 Å². The summed E-state index contributed by atoms with van der Waals surface area (Å²) < 4.78 is 0. The highest BCUT2D eigenvalue weighted by molar-refractivity contribution is 5.79. The molecule has 1 saturated heterocycles. The third-order valence-electron chi connectivity index (χ3n) is 5.30. The molecule has 0 aromatic carbocycles. The molecule has 0 aromatic heterocycles. The Bertz CT molecular complexity index is 333. The Morgan fingerprint density at radius 3 is 2.50 bits per heavy atom. The van der Waals surface area contributed by atoms with Gasteiger partial charge in [0.2, 0.25) is 0 Å². The number of guanidine groups is 1. The van der Waals surface area contributed by atoms with E-state index >= 15 is 0 Å². The Kier molecular flexibility index (Phi) is 11.1. The summed E-state index contributed by atoms with van der Waals surface area (Å²) >= 11 is 0. The van der Waals surface area contributed by atoms with Gasteiger partial charge in [0.25, 0.3) is 0 Å². The number of hydrogen-bond donors (Lipinski definition) is 2. The van der Waals surface area contributed by atoms with Gasteiger partial charge in [-0.3, -0.25) is 4.99 Å². The molecule has 5 nitrogen and oxygen atoms in total. The summed E-state index contributed by atoms with van der Waals surface area (Å²) in [5.74, 6) is 1.83. The Morgan fingerprint density at radius 1 is 1.25 bits per heavy atom. The minimum absolute atomic E-state index is 0.468. The monoisotopic (exact) mass is 339 g/mol. The minimum Gasteiger partial charge on any atom is -0.356 e. The Balaban J connectivity index is 2.15. The van der Waals surface area contributed by atoms with Gasteiger partial charge < -0.3 is 20.4 Å². The van der Waals surface area contributed by atoms with Gasteiger partial charge in [0.05, 0.1) is 0 Å². The zero-order chi connectivity index (χ0) is 17.8. The van der Waals surface area contributed by atoms with E-state index in [4.69, 9.17) is 0 Å². The van der Waals surface area contributed by atoms with Crippen molar-refractivity contribution in [2.45, 2.75) is 58.9 Å². The van der Waals surface area contributed by atoms with E-state index in [1.807, 2.05) is 7.05 Å². The lowest BCUT2D eigenvalue weighted by atomic mass is 9.94. The number of piperidine rings is 1. The quantitative estimate of drug-likeness (QED) is 0.474. The lowest BCUT2D eigenvalue weighted by Gasteiger charge is -2.29. The molecular weight excluding hydrogens is 298 g/mol. The minimum atomic E-state index is 0.468. The number of hydrogen-bond acceptors (Lipinski definition) is 3. The van der Waals surface area contributed by atoms with Crippen molar-refractivity contribution in [1.82, 2.24) is 20.4 Å². The molecule has 1 unspecified atom stereocenters. The fourth-order valence-corrected chi connectivity index (χ4v) is 3.41. The molecule has 1 aliphatic heterocycles. The first-order chi connectivity index (χ1) is 11.6. The first-order valence-electron chi connectivity index (χ1n) is 9.97. The van der Waals surface area contributed by atoms with Crippen molar-refractivity contribution in [3.05, 3.63) is 0 Å². The average molecular weight is 340 g/mol. The first kappa shape index (κ1) is 21.2. The van der Waals surface area contributed by atoms with Gasteiger partial charge in [-0.2, -0.15) is 0 Å². The molecule has 0 amide bonds. The lowest BCUT2D eigenvalue weighted by Crippen LogP contribution is -2.43. The van der Waals surface area contributed by atoms with E-state index < -0.39 is 0 Å². The Hall–Kier alpha value is -0.810. The van der Waals surface area contributed by atoms with E-state index in [1.54, 1.807) is 0 Å². The smallest absolute Gasteiger partial charge is 0.191 e. The van der Waals surface area contributed by atoms with Crippen molar-refractivity contribution >= 4 is 5.96 Å². The van der Waals surface area contributed by atoms with E-state index in [-0.39, 0.29) is 0 Å². The molecule has 0 aliphatic carbocycles. The van der Waals surface area contributed by atoms with Crippen LogP contribution in [0.4, 0.5) is 0 Å². The molecule has 5 heteroatoms. The van der Waals surface area contributed by atoms with Crippen LogP contribution in [-0.2, 0) is 0 Å². The van der Waals surface area contributed by atoms with Gasteiger partial charge in [-0.15, -0.1) is 0 Å². The van der Waals surface area contributed by atoms with Gasteiger partial charge in [-0.25, -0.2) is 0 Å². The fourth-order valence-electron chi connectivity index (χ4n) is 3.41. The van der Waals surface area contributed by atoms with Gasteiger partial charge in [0.15, 0.2) is 5.96 Å². The molecule has 0 aromatic rings. The topological polar surface area (TPSA) is 42.9 Å². The summed E-state index contributed by atoms with van der Waals surface area (Å²) in [7, 11) is 4.09. The molecule has 1 rings (SSSR count). The van der Waals surface area contributed by atoms with E-state index in [1.165, 1.54) is 51.7 Å². The zero-order valence-corrected chi connectivity index (χ0v) is 16.8. The highest BCUT2D eigenvalue weighted by atomic mass is 15.2. The molecule has 142 valence electrons. The van der Waals surface area contributed by atoms with Crippen molar-refractivity contribution in [1.29, 1.82) is 0 Å². The third-order valence-corrected chi connectivity index (χ3v) is 5.30. The SMILES string of the molecule is CCN(CC)CCCC(C)NC(=NC)NCCC1CCN(C)CC1. The predicted molar refractivity (Wildman–Crippen MR) is 106 cm³/mol. The first-order valence-corrected chi connectivity index (χ1v) is 9.97. The second-order valence-corrected chi connectivity index (χ2v) is 7.25. The van der Waals surface area contributed by atoms with Crippen molar-refractivity contribution in [3.8, 4) is 0 Å². The molecule has 2 N–H and O–H groups in total. The molecule has 1 heterocycles. The number of likely N-dealkylation sites (tertiary alicyclic amines) is 1. The summed E-state index contributed by atoms with van der Waals surface area (Å²) in [5, 5.41) is 7.03. The van der Waals surface area contributed by atoms with Crippen LogP contribution in [0.3, 0.4) is 0 Å². The second-order valence-electron chi connectivity index (χ2n) is 7.25. The summed E-state index contributed by atoms with van der Waals surface area (Å²) in [6.07, 6.45) is 6.36. The fraction of sp³-hybridized carbons (Fsp3) is 0.947. The van der Waals surface area contributed by atoms with Crippen molar-refractivity contribution < 1.29 is 0 Å². The molecule has 0 saturated carbocycles. The number of aliphatic imine (C=N–C) groups is 1. The summed E-state index contributed by atoms with van der Waals surface area (Å²) in [5.41, 5.74) is 0. The zero-order valence-electron chi connectivity index (χ0n) is 16.8. The molecular formula is C19H41N5. The van der Waals surface area contributed by atoms with Crippen LogP contribution in [0, 0.1) is 5.92 Å². The van der Waals surface area contributed by atoms with E-state index in [2.05, 4.69) is 53.2 Å². The maximum absolute atomic E-state index is 4.37. The molecule has 1 aliphatic rings. The maximum Gasteiger partial charge on any atom is 0.191 e. The van der Waals surface area contributed by atoms with Crippen LogP contribution in [0.25, 0.3) is 0 Å². The molecule has 0 radical (unpaired) electrons. The number of nitrogens with one attached hydrogen (secondary N) is 2. The van der Waals surface area contributed by atoms with Crippen LogP contribution in [0.5, 0.6) is 0 Å². The highest BCUT2D eigenvalue weighted by Crippen LogP contribution is 2.18. The Labute approximate surface area is 150 Å².